The molecular weight excluding hydrogens is 496 g/mol. The Bertz CT molecular complexity index is 1120. The van der Waals surface area contributed by atoms with Crippen LogP contribution in [-0.4, -0.2) is 71.0 Å². The summed E-state index contributed by atoms with van der Waals surface area (Å²) in [6.07, 6.45) is 4.48. The van der Waals surface area contributed by atoms with Gasteiger partial charge < -0.3 is 26.0 Å². The monoisotopic (exact) mass is 534 g/mol. The number of rotatable bonds is 11. The molecule has 4 rings (SSSR count). The van der Waals surface area contributed by atoms with Crippen molar-refractivity contribution in [3.63, 3.8) is 0 Å². The lowest BCUT2D eigenvalue weighted by Crippen LogP contribution is -2.57. The molecule has 0 bridgehead atoms. The fraction of sp³-hybridized carbons (Fsp3) is 0.467. The Morgan fingerprint density at radius 1 is 0.872 bits per heavy atom. The van der Waals surface area contributed by atoms with Crippen LogP contribution in [0, 0.1) is 0 Å². The zero-order valence-corrected chi connectivity index (χ0v) is 22.2. The molecule has 0 aliphatic carbocycles. The first-order valence-electron chi connectivity index (χ1n) is 13.8. The molecule has 0 spiro atoms. The first-order chi connectivity index (χ1) is 18.9. The molecule has 208 valence electrons. The molecule has 1 unspecified atom stereocenters. The maximum absolute atomic E-state index is 13.5. The predicted molar refractivity (Wildman–Crippen MR) is 147 cm³/mol. The molecule has 4 N–H and O–H groups in total. The summed E-state index contributed by atoms with van der Waals surface area (Å²) in [6.45, 7) is 1.34. The third kappa shape index (κ3) is 8.13. The largest absolute Gasteiger partial charge is 0.480 e. The van der Waals surface area contributed by atoms with E-state index in [-0.39, 0.29) is 30.7 Å². The van der Waals surface area contributed by atoms with Crippen LogP contribution in [0.3, 0.4) is 0 Å². The molecule has 2 heterocycles. The number of nitrogens with zero attached hydrogens (tertiary/aromatic N) is 1. The number of carbonyl (C=O) groups excluding carboxylic acids is 3. The average molecular weight is 535 g/mol. The molecular formula is C30H38N4O5. The maximum atomic E-state index is 13.5. The summed E-state index contributed by atoms with van der Waals surface area (Å²) in [7, 11) is 0. The average Bonchev–Trinajstić information content (AvgIpc) is 3.48. The Morgan fingerprint density at radius 2 is 1.54 bits per heavy atom. The Hall–Kier alpha value is -3.72. The van der Waals surface area contributed by atoms with E-state index in [0.717, 1.165) is 43.4 Å². The molecule has 39 heavy (non-hydrogen) atoms. The fourth-order valence-corrected chi connectivity index (χ4v) is 5.46. The highest BCUT2D eigenvalue weighted by molar-refractivity contribution is 5.91. The van der Waals surface area contributed by atoms with Crippen molar-refractivity contribution in [2.45, 2.75) is 75.5 Å². The van der Waals surface area contributed by atoms with Crippen LogP contribution >= 0.6 is 0 Å². The summed E-state index contributed by atoms with van der Waals surface area (Å²) >= 11 is 0. The molecule has 9 heteroatoms. The summed E-state index contributed by atoms with van der Waals surface area (Å²) in [6, 6.07) is 16.2. The molecule has 0 aromatic heterocycles. The quantitative estimate of drug-likeness (QED) is 0.349. The zero-order chi connectivity index (χ0) is 27.6. The molecule has 2 aliphatic rings. The lowest BCUT2D eigenvalue weighted by Gasteiger charge is -2.37. The van der Waals surface area contributed by atoms with Crippen LogP contribution in [0.5, 0.6) is 0 Å². The Morgan fingerprint density at radius 3 is 2.15 bits per heavy atom. The third-order valence-corrected chi connectivity index (χ3v) is 7.47. The van der Waals surface area contributed by atoms with Gasteiger partial charge in [-0.25, -0.2) is 4.79 Å². The standard InChI is InChI=1S/C30H38N4O5/c35-27(33-25(30(38)39)19-22-12-5-2-6-13-22)20-23(18-21-10-3-1-4-11-21)32-28(36)26-15-7-8-17-34(26)29(37)24-14-9-16-31-24/h1-6,10-13,23-26,31H,7-9,14-20H2,(H,32,36)(H,33,35)(H,38,39)/t23?,24-,25-,26-/m0/s1. The van der Waals surface area contributed by atoms with Gasteiger partial charge >= 0.3 is 5.97 Å². The lowest BCUT2D eigenvalue weighted by atomic mass is 9.97. The van der Waals surface area contributed by atoms with Crippen molar-refractivity contribution in [3.8, 4) is 0 Å². The van der Waals surface area contributed by atoms with Crippen molar-refractivity contribution in [3.05, 3.63) is 71.8 Å². The molecule has 4 atom stereocenters. The first kappa shape index (κ1) is 28.3. The number of benzene rings is 2. The van der Waals surface area contributed by atoms with Gasteiger partial charge in [-0.15, -0.1) is 0 Å². The number of likely N-dealkylation sites (tertiary alicyclic amines) is 1. The molecule has 2 aromatic carbocycles. The number of amides is 3. The highest BCUT2D eigenvalue weighted by Crippen LogP contribution is 2.21. The summed E-state index contributed by atoms with van der Waals surface area (Å²) in [5, 5.41) is 18.6. The van der Waals surface area contributed by atoms with Crippen molar-refractivity contribution in [2.24, 2.45) is 0 Å². The topological polar surface area (TPSA) is 128 Å². The minimum Gasteiger partial charge on any atom is -0.480 e. The van der Waals surface area contributed by atoms with Crippen molar-refractivity contribution in [1.82, 2.24) is 20.9 Å². The Kier molecular flexibility index (Phi) is 10.1. The Balaban J connectivity index is 1.44. The second-order valence-corrected chi connectivity index (χ2v) is 10.4. The highest BCUT2D eigenvalue weighted by Gasteiger charge is 2.37. The summed E-state index contributed by atoms with van der Waals surface area (Å²) in [4.78, 5) is 53.3. The van der Waals surface area contributed by atoms with E-state index in [4.69, 9.17) is 0 Å². The number of carbonyl (C=O) groups is 4. The van der Waals surface area contributed by atoms with Crippen LogP contribution in [0.1, 0.15) is 49.7 Å². The van der Waals surface area contributed by atoms with Crippen molar-refractivity contribution in [2.75, 3.05) is 13.1 Å². The molecule has 2 fully saturated rings. The van der Waals surface area contributed by atoms with E-state index in [0.29, 0.717) is 19.4 Å². The summed E-state index contributed by atoms with van der Waals surface area (Å²) in [5.41, 5.74) is 1.75. The van der Waals surface area contributed by atoms with Crippen LogP contribution in [-0.2, 0) is 32.0 Å². The molecule has 0 saturated carbocycles. The predicted octanol–water partition coefficient (Wildman–Crippen LogP) is 2.05. The van der Waals surface area contributed by atoms with E-state index >= 15 is 0 Å². The SMILES string of the molecule is O=C(CC(Cc1ccccc1)NC(=O)[C@@H]1CCCCN1C(=O)[C@@H]1CCCN1)N[C@@H](Cc1ccccc1)C(=O)O. The van der Waals surface area contributed by atoms with Gasteiger partial charge in [0.25, 0.3) is 0 Å². The number of nitrogens with one attached hydrogen (secondary N) is 3. The van der Waals surface area contributed by atoms with E-state index in [1.54, 1.807) is 4.90 Å². The number of carboxylic acid groups (broad SMARTS) is 1. The molecule has 0 radical (unpaired) electrons. The van der Waals surface area contributed by atoms with Gasteiger partial charge in [-0.3, -0.25) is 14.4 Å². The van der Waals surface area contributed by atoms with Crippen molar-refractivity contribution >= 4 is 23.7 Å². The number of hydrogen-bond donors (Lipinski definition) is 4. The van der Waals surface area contributed by atoms with Crippen molar-refractivity contribution in [1.29, 1.82) is 0 Å². The van der Waals surface area contributed by atoms with Crippen LogP contribution in [0.4, 0.5) is 0 Å². The number of carboxylic acids is 1. The minimum absolute atomic E-state index is 0.0325. The molecule has 2 aromatic rings. The molecule has 2 saturated heterocycles. The minimum atomic E-state index is -1.12. The van der Waals surface area contributed by atoms with Crippen LogP contribution in [0.2, 0.25) is 0 Å². The van der Waals surface area contributed by atoms with Gasteiger partial charge in [-0.1, -0.05) is 60.7 Å². The third-order valence-electron chi connectivity index (χ3n) is 7.47. The number of hydrogen-bond acceptors (Lipinski definition) is 5. The van der Waals surface area contributed by atoms with E-state index in [1.165, 1.54) is 0 Å². The van der Waals surface area contributed by atoms with Gasteiger partial charge in [-0.05, 0) is 56.2 Å². The Labute approximate surface area is 229 Å². The number of aliphatic carboxylic acids is 1. The van der Waals surface area contributed by atoms with Gasteiger partial charge in [0, 0.05) is 25.4 Å². The second kappa shape index (κ2) is 13.9. The number of piperidine rings is 1. The van der Waals surface area contributed by atoms with E-state index in [9.17, 15) is 24.3 Å². The summed E-state index contributed by atoms with van der Waals surface area (Å²) in [5.74, 6) is -1.87. The van der Waals surface area contributed by atoms with Gasteiger partial charge in [0.1, 0.15) is 12.1 Å². The van der Waals surface area contributed by atoms with Gasteiger partial charge in [-0.2, -0.15) is 0 Å². The van der Waals surface area contributed by atoms with Gasteiger partial charge in [0.2, 0.25) is 17.7 Å². The lowest BCUT2D eigenvalue weighted by molar-refractivity contribution is -0.144. The first-order valence-corrected chi connectivity index (χ1v) is 13.8. The smallest absolute Gasteiger partial charge is 0.326 e. The van der Waals surface area contributed by atoms with Gasteiger partial charge in [0.05, 0.1) is 6.04 Å². The highest BCUT2D eigenvalue weighted by atomic mass is 16.4. The van der Waals surface area contributed by atoms with E-state index < -0.39 is 30.0 Å². The van der Waals surface area contributed by atoms with E-state index in [1.807, 2.05) is 60.7 Å². The molecule has 9 nitrogen and oxygen atoms in total. The van der Waals surface area contributed by atoms with E-state index in [2.05, 4.69) is 16.0 Å². The maximum Gasteiger partial charge on any atom is 0.326 e. The fourth-order valence-electron chi connectivity index (χ4n) is 5.46. The summed E-state index contributed by atoms with van der Waals surface area (Å²) < 4.78 is 0. The second-order valence-electron chi connectivity index (χ2n) is 10.4. The molecule has 2 aliphatic heterocycles. The van der Waals surface area contributed by atoms with Crippen molar-refractivity contribution < 1.29 is 24.3 Å². The van der Waals surface area contributed by atoms with Crippen LogP contribution in [0.25, 0.3) is 0 Å². The molecule has 3 amide bonds. The normalized spacial score (nSPS) is 20.6. The zero-order valence-electron chi connectivity index (χ0n) is 22.2. The van der Waals surface area contributed by atoms with Crippen LogP contribution < -0.4 is 16.0 Å². The van der Waals surface area contributed by atoms with Crippen LogP contribution in [0.15, 0.2) is 60.7 Å². The van der Waals surface area contributed by atoms with Gasteiger partial charge in [0.15, 0.2) is 0 Å².